The van der Waals surface area contributed by atoms with E-state index in [2.05, 4.69) is 0 Å². The predicted molar refractivity (Wildman–Crippen MR) is 65.0 cm³/mol. The molecule has 1 amide bonds. The van der Waals surface area contributed by atoms with Gasteiger partial charge in [0.15, 0.2) is 0 Å². The summed E-state index contributed by atoms with van der Waals surface area (Å²) in [6.45, 7) is 1.14. The van der Waals surface area contributed by atoms with Crippen LogP contribution in [0.3, 0.4) is 0 Å². The number of nitrogens with zero attached hydrogens (tertiary/aromatic N) is 1. The maximum Gasteiger partial charge on any atom is 0.306 e. The normalized spacial score (nSPS) is 17.1. The molecule has 0 bridgehead atoms. The topological polar surface area (TPSA) is 57.6 Å². The van der Waals surface area contributed by atoms with Gasteiger partial charge in [0, 0.05) is 18.0 Å². The van der Waals surface area contributed by atoms with E-state index in [0.717, 1.165) is 4.88 Å². The molecule has 92 valence electrons. The van der Waals surface area contributed by atoms with Crippen LogP contribution in [0.1, 0.15) is 17.7 Å². The minimum absolute atomic E-state index is 0.108. The fourth-order valence-electron chi connectivity index (χ4n) is 2.05. The molecular weight excluding hydrogens is 238 g/mol. The quantitative estimate of drug-likeness (QED) is 0.890. The van der Waals surface area contributed by atoms with Crippen molar-refractivity contribution in [2.75, 3.05) is 13.1 Å². The lowest BCUT2D eigenvalue weighted by molar-refractivity contribution is -0.145. The number of thiophene rings is 1. The number of carboxylic acids is 1. The van der Waals surface area contributed by atoms with E-state index >= 15 is 0 Å². The van der Waals surface area contributed by atoms with Gasteiger partial charge in [-0.2, -0.15) is 0 Å². The van der Waals surface area contributed by atoms with Gasteiger partial charge in [-0.25, -0.2) is 0 Å². The van der Waals surface area contributed by atoms with Crippen molar-refractivity contribution in [3.05, 3.63) is 22.4 Å². The summed E-state index contributed by atoms with van der Waals surface area (Å²) in [4.78, 5) is 25.6. The Hall–Kier alpha value is -1.36. The third kappa shape index (κ3) is 3.06. The first-order valence-corrected chi connectivity index (χ1v) is 6.58. The van der Waals surface area contributed by atoms with Crippen LogP contribution < -0.4 is 0 Å². The number of aliphatic carboxylic acids is 1. The number of amides is 1. The Kier molecular flexibility index (Phi) is 3.78. The third-order valence-electron chi connectivity index (χ3n) is 3.10. The summed E-state index contributed by atoms with van der Waals surface area (Å²) in [6, 6.07) is 3.89. The van der Waals surface area contributed by atoms with Gasteiger partial charge in [0.05, 0.1) is 12.3 Å². The first-order chi connectivity index (χ1) is 8.16. The molecule has 1 aromatic rings. The van der Waals surface area contributed by atoms with Gasteiger partial charge in [-0.05, 0) is 24.3 Å². The first-order valence-electron chi connectivity index (χ1n) is 5.70. The monoisotopic (exact) mass is 253 g/mol. The van der Waals surface area contributed by atoms with Crippen LogP contribution in [0.15, 0.2) is 17.5 Å². The number of carboxylic acid groups (broad SMARTS) is 1. The van der Waals surface area contributed by atoms with Gasteiger partial charge >= 0.3 is 5.97 Å². The summed E-state index contributed by atoms with van der Waals surface area (Å²) in [5, 5.41) is 10.8. The highest BCUT2D eigenvalue weighted by Gasteiger charge is 2.26. The third-order valence-corrected chi connectivity index (χ3v) is 3.98. The SMILES string of the molecule is O=C(O)C1CCN(C(=O)Cc2cccs2)CC1. The molecule has 4 nitrogen and oxygen atoms in total. The molecule has 5 heteroatoms. The lowest BCUT2D eigenvalue weighted by Gasteiger charge is -2.30. The van der Waals surface area contributed by atoms with Crippen LogP contribution in [0.2, 0.25) is 0 Å². The number of carbonyl (C=O) groups excluding carboxylic acids is 1. The number of piperidine rings is 1. The second kappa shape index (κ2) is 5.31. The fourth-order valence-corrected chi connectivity index (χ4v) is 2.75. The van der Waals surface area contributed by atoms with Crippen molar-refractivity contribution < 1.29 is 14.7 Å². The first kappa shape index (κ1) is 12.1. The van der Waals surface area contributed by atoms with Gasteiger partial charge in [0.2, 0.25) is 5.91 Å². The molecule has 0 unspecified atom stereocenters. The number of hydrogen-bond acceptors (Lipinski definition) is 3. The summed E-state index contributed by atoms with van der Waals surface area (Å²) in [5.41, 5.74) is 0. The Morgan fingerprint density at radius 1 is 1.41 bits per heavy atom. The van der Waals surface area contributed by atoms with Crippen LogP contribution in [0.5, 0.6) is 0 Å². The molecule has 1 N–H and O–H groups in total. The van der Waals surface area contributed by atoms with Gasteiger partial charge in [0.25, 0.3) is 0 Å². The zero-order chi connectivity index (χ0) is 12.3. The highest BCUT2D eigenvalue weighted by Crippen LogP contribution is 2.19. The van der Waals surface area contributed by atoms with E-state index in [9.17, 15) is 9.59 Å². The lowest BCUT2D eigenvalue weighted by Crippen LogP contribution is -2.40. The second-order valence-electron chi connectivity index (χ2n) is 4.25. The number of likely N-dealkylation sites (tertiary alicyclic amines) is 1. The van der Waals surface area contributed by atoms with E-state index in [0.29, 0.717) is 32.4 Å². The molecule has 0 atom stereocenters. The largest absolute Gasteiger partial charge is 0.481 e. The highest BCUT2D eigenvalue weighted by molar-refractivity contribution is 7.10. The molecule has 0 aromatic carbocycles. The lowest BCUT2D eigenvalue weighted by atomic mass is 9.97. The van der Waals surface area contributed by atoms with Gasteiger partial charge in [-0.3, -0.25) is 9.59 Å². The summed E-state index contributed by atoms with van der Waals surface area (Å²) in [7, 11) is 0. The zero-order valence-electron chi connectivity index (χ0n) is 9.46. The van der Waals surface area contributed by atoms with Crippen molar-refractivity contribution in [2.45, 2.75) is 19.3 Å². The molecule has 1 saturated heterocycles. The smallest absolute Gasteiger partial charge is 0.306 e. The van der Waals surface area contributed by atoms with Gasteiger partial charge in [-0.1, -0.05) is 6.07 Å². The standard InChI is InChI=1S/C12H15NO3S/c14-11(8-10-2-1-7-17-10)13-5-3-9(4-6-13)12(15)16/h1-2,7,9H,3-6,8H2,(H,15,16). The molecule has 2 rings (SSSR count). The molecule has 1 fully saturated rings. The molecule has 0 radical (unpaired) electrons. The molecule has 1 aliphatic heterocycles. The molecule has 1 aromatic heterocycles. The molecule has 0 aliphatic carbocycles. The van der Waals surface area contributed by atoms with Crippen molar-refractivity contribution in [2.24, 2.45) is 5.92 Å². The highest BCUT2D eigenvalue weighted by atomic mass is 32.1. The molecule has 17 heavy (non-hydrogen) atoms. The minimum Gasteiger partial charge on any atom is -0.481 e. The summed E-state index contributed by atoms with van der Waals surface area (Å²) < 4.78 is 0. The Morgan fingerprint density at radius 2 is 2.12 bits per heavy atom. The molecule has 0 saturated carbocycles. The van der Waals surface area contributed by atoms with Crippen molar-refractivity contribution in [3.63, 3.8) is 0 Å². The predicted octanol–water partition coefficient (Wildman–Crippen LogP) is 1.61. The van der Waals surface area contributed by atoms with E-state index in [1.54, 1.807) is 16.2 Å². The van der Waals surface area contributed by atoms with Crippen molar-refractivity contribution in [1.29, 1.82) is 0 Å². The van der Waals surface area contributed by atoms with Crippen molar-refractivity contribution in [3.8, 4) is 0 Å². The van der Waals surface area contributed by atoms with Crippen molar-refractivity contribution >= 4 is 23.2 Å². The Labute approximate surface area is 104 Å². The second-order valence-corrected chi connectivity index (χ2v) is 5.28. The number of rotatable bonds is 3. The van der Waals surface area contributed by atoms with Crippen LogP contribution in [0, 0.1) is 5.92 Å². The maximum absolute atomic E-state index is 11.9. The summed E-state index contributed by atoms with van der Waals surface area (Å²) in [5.74, 6) is -0.910. The average Bonchev–Trinajstić information content (AvgIpc) is 2.82. The molecule has 1 aliphatic rings. The van der Waals surface area contributed by atoms with Crippen molar-refractivity contribution in [1.82, 2.24) is 4.90 Å². The number of carbonyl (C=O) groups is 2. The van der Waals surface area contributed by atoms with Gasteiger partial charge in [-0.15, -0.1) is 11.3 Å². The fraction of sp³-hybridized carbons (Fsp3) is 0.500. The maximum atomic E-state index is 11.9. The van der Waals surface area contributed by atoms with E-state index in [1.165, 1.54) is 0 Å². The van der Waals surface area contributed by atoms with Crippen LogP contribution >= 0.6 is 11.3 Å². The Balaban J connectivity index is 1.84. The molecule has 0 spiro atoms. The van der Waals surface area contributed by atoms with Gasteiger partial charge in [0.1, 0.15) is 0 Å². The Bertz CT molecular complexity index is 394. The van der Waals surface area contributed by atoms with E-state index < -0.39 is 5.97 Å². The molecular formula is C12H15NO3S. The van der Waals surface area contributed by atoms with E-state index in [1.807, 2.05) is 17.5 Å². The van der Waals surface area contributed by atoms with Gasteiger partial charge < -0.3 is 10.0 Å². The zero-order valence-corrected chi connectivity index (χ0v) is 10.3. The number of hydrogen-bond donors (Lipinski definition) is 1. The average molecular weight is 253 g/mol. The van der Waals surface area contributed by atoms with Crippen LogP contribution in [0.25, 0.3) is 0 Å². The van der Waals surface area contributed by atoms with E-state index in [4.69, 9.17) is 5.11 Å². The minimum atomic E-state index is -0.740. The van der Waals surface area contributed by atoms with E-state index in [-0.39, 0.29) is 11.8 Å². The van der Waals surface area contributed by atoms with Crippen LogP contribution in [-0.4, -0.2) is 35.0 Å². The summed E-state index contributed by atoms with van der Waals surface area (Å²) in [6.07, 6.45) is 1.59. The van der Waals surface area contributed by atoms with Crippen LogP contribution in [-0.2, 0) is 16.0 Å². The Morgan fingerprint density at radius 3 is 2.65 bits per heavy atom. The summed E-state index contributed by atoms with van der Waals surface area (Å²) >= 11 is 1.58. The van der Waals surface area contributed by atoms with Crippen LogP contribution in [0.4, 0.5) is 0 Å². The molecule has 2 heterocycles.